The summed E-state index contributed by atoms with van der Waals surface area (Å²) in [6, 6.07) is 36.4. The predicted molar refractivity (Wildman–Crippen MR) is 261 cm³/mol. The highest BCUT2D eigenvalue weighted by Gasteiger charge is 2.61. The number of hydrogen-bond acceptors (Lipinski definition) is 12. The van der Waals surface area contributed by atoms with Crippen molar-refractivity contribution in [2.24, 2.45) is 10.6 Å². The van der Waals surface area contributed by atoms with Gasteiger partial charge in [0.15, 0.2) is 19.2 Å². The quantitative estimate of drug-likeness (QED) is 0.0136. The Balaban J connectivity index is 1.13. The number of carbonyl (C=O) groups is 3. The maximum atomic E-state index is 14.5. The third kappa shape index (κ3) is 9.65. The van der Waals surface area contributed by atoms with Crippen molar-refractivity contribution in [1.82, 2.24) is 15.2 Å². The zero-order valence-electron chi connectivity index (χ0n) is 38.1. The second-order valence-corrected chi connectivity index (χ2v) is 24.5. The molecular weight excluding hydrogens is 875 g/mol. The Kier molecular flexibility index (Phi) is 14.4. The molecule has 4 aromatic carbocycles. The molecule has 5 aromatic rings. The second kappa shape index (κ2) is 19.8. The van der Waals surface area contributed by atoms with Gasteiger partial charge in [0, 0.05) is 17.2 Å². The minimum absolute atomic E-state index is 0.000678. The first kappa shape index (κ1) is 47.2. The summed E-state index contributed by atoms with van der Waals surface area (Å²) in [4.78, 5) is 54.5. The molecule has 7 rings (SSSR count). The molecule has 3 heterocycles. The molecule has 340 valence electrons. The molecule has 2 N–H and O–H groups in total. The van der Waals surface area contributed by atoms with Crippen molar-refractivity contribution in [1.29, 1.82) is 0 Å². The van der Waals surface area contributed by atoms with Crippen LogP contribution in [0.15, 0.2) is 138 Å². The summed E-state index contributed by atoms with van der Waals surface area (Å²) < 4.78 is 17.8. The number of methoxy groups -OCH3 is 1. The Labute approximate surface area is 390 Å². The van der Waals surface area contributed by atoms with E-state index in [0.717, 1.165) is 16.7 Å². The highest BCUT2D eigenvalue weighted by molar-refractivity contribution is 8.00. The van der Waals surface area contributed by atoms with Crippen molar-refractivity contribution in [3.8, 4) is 11.5 Å². The van der Waals surface area contributed by atoms with Crippen LogP contribution in [-0.4, -0.2) is 85.7 Å². The summed E-state index contributed by atoms with van der Waals surface area (Å²) in [6.07, 6.45) is 4.33. The first-order valence-corrected chi connectivity index (χ1v) is 26.4. The highest BCUT2D eigenvalue weighted by Crippen LogP contribution is 2.50. The summed E-state index contributed by atoms with van der Waals surface area (Å²) in [7, 11) is 0.836. The van der Waals surface area contributed by atoms with Crippen LogP contribution in [0.25, 0.3) is 0 Å². The van der Waals surface area contributed by atoms with Crippen LogP contribution in [0.1, 0.15) is 56.5 Å². The fraction of sp³-hybridized carbons (Fsp3) is 0.340. The van der Waals surface area contributed by atoms with Crippen LogP contribution in [0.4, 0.5) is 5.13 Å². The van der Waals surface area contributed by atoms with Crippen LogP contribution in [-0.2, 0) is 29.2 Å². The first-order chi connectivity index (χ1) is 31.2. The molecule has 0 bridgehead atoms. The fourth-order valence-electron chi connectivity index (χ4n) is 8.00. The van der Waals surface area contributed by atoms with Crippen molar-refractivity contribution >= 4 is 60.0 Å². The Morgan fingerprint density at radius 3 is 1.98 bits per heavy atom. The Bertz CT molecular complexity index is 2400. The number of β-lactam (4-membered cyclic amide) rings is 1. The van der Waals surface area contributed by atoms with Crippen LogP contribution in [0.3, 0.4) is 0 Å². The lowest BCUT2D eigenvalue weighted by atomic mass is 9.77. The van der Waals surface area contributed by atoms with Gasteiger partial charge in [-0.05, 0) is 65.5 Å². The van der Waals surface area contributed by atoms with Crippen LogP contribution in [0.2, 0.25) is 18.1 Å². The van der Waals surface area contributed by atoms with E-state index in [4.69, 9.17) is 23.7 Å². The van der Waals surface area contributed by atoms with E-state index in [9.17, 15) is 14.4 Å². The Morgan fingerprint density at radius 1 is 0.892 bits per heavy atom. The Hall–Kier alpha value is -5.74. The van der Waals surface area contributed by atoms with Gasteiger partial charge in [-0.15, -0.1) is 23.1 Å². The lowest BCUT2D eigenvalue weighted by Gasteiger charge is -2.56. The van der Waals surface area contributed by atoms with Gasteiger partial charge in [0.25, 0.3) is 5.91 Å². The zero-order chi connectivity index (χ0) is 46.4. The predicted octanol–water partition coefficient (Wildman–Crippen LogP) is 9.25. The number of benzene rings is 4. The van der Waals surface area contributed by atoms with Crippen molar-refractivity contribution in [3.63, 3.8) is 0 Å². The van der Waals surface area contributed by atoms with Gasteiger partial charge in [-0.25, -0.2) is 4.98 Å². The number of amides is 2. The molecule has 4 atom stereocenters. The Morgan fingerprint density at radius 2 is 1.46 bits per heavy atom. The van der Waals surface area contributed by atoms with Gasteiger partial charge in [-0.2, -0.15) is 0 Å². The number of rotatable bonds is 17. The number of thiazole rings is 1. The van der Waals surface area contributed by atoms with E-state index in [0.29, 0.717) is 29.7 Å². The van der Waals surface area contributed by atoms with Crippen molar-refractivity contribution in [2.75, 3.05) is 32.7 Å². The largest absolute Gasteiger partial charge is 0.497 e. The van der Waals surface area contributed by atoms with Gasteiger partial charge < -0.3 is 34.3 Å². The van der Waals surface area contributed by atoms with Gasteiger partial charge in [-0.1, -0.05) is 136 Å². The molecule has 0 radical (unpaired) electrons. The molecule has 2 saturated heterocycles. The van der Waals surface area contributed by atoms with Gasteiger partial charge in [0.2, 0.25) is 5.91 Å². The molecule has 2 amide bonds. The SMILES string of the molecule is CCC1S[C@@H]2C(NC(=O)C(=NOC)c3csc(NC(c4ccccc4)(c4ccccc4)c4ccccc4)n3)C(=O)N2CC1(C=CCO[Si](C)(C)C(C)(C)C)C(=O)Oc1ccc(OC)cc1. The highest BCUT2D eigenvalue weighted by atomic mass is 32.2. The average Bonchev–Trinajstić information content (AvgIpc) is 3.78. The van der Waals surface area contributed by atoms with E-state index in [2.05, 4.69) is 86.1 Å². The number of ether oxygens (including phenoxy) is 2. The number of carbonyl (C=O) groups excluding carboxylic acids is 3. The minimum atomic E-state index is -2.09. The number of nitrogens with one attached hydrogen (secondary N) is 2. The molecule has 2 aliphatic heterocycles. The first-order valence-electron chi connectivity index (χ1n) is 21.6. The van der Waals surface area contributed by atoms with Crippen LogP contribution in [0, 0.1) is 5.41 Å². The summed E-state index contributed by atoms with van der Waals surface area (Å²) in [5, 5.41) is 12.3. The van der Waals surface area contributed by atoms with Crippen LogP contribution >= 0.6 is 23.1 Å². The van der Waals surface area contributed by atoms with E-state index in [1.54, 1.807) is 41.7 Å². The summed E-state index contributed by atoms with van der Waals surface area (Å²) >= 11 is 2.80. The summed E-state index contributed by atoms with van der Waals surface area (Å²) in [6.45, 7) is 13.3. The normalized spacial score (nSPS) is 20.1. The topological polar surface area (TPSA) is 141 Å². The average molecular weight is 932 g/mol. The van der Waals surface area contributed by atoms with E-state index < -0.39 is 42.6 Å². The van der Waals surface area contributed by atoms with E-state index in [1.165, 1.54) is 30.2 Å². The monoisotopic (exact) mass is 931 g/mol. The van der Waals surface area contributed by atoms with Crippen molar-refractivity contribution in [3.05, 3.63) is 155 Å². The number of aromatic nitrogens is 1. The molecule has 12 nitrogen and oxygen atoms in total. The maximum Gasteiger partial charge on any atom is 0.324 e. The van der Waals surface area contributed by atoms with E-state index in [-0.39, 0.29) is 34.1 Å². The number of thioether (sulfide) groups is 1. The van der Waals surface area contributed by atoms with Crippen molar-refractivity contribution < 1.29 is 33.1 Å². The standard InChI is InChI=1S/C50H57N5O7S2Si/c1-9-40-49(30-19-31-61-65(7,8)48(2,3)4,46(58)62-38-28-26-37(59-5)27-29-38)33-55-44(57)42(45(55)64-40)52-43(56)41(54-60-6)39-32-63-47(51-39)53-50(34-20-13-10-14-21-34,35-22-15-11-16-23-35)36-24-17-12-18-25-36/h10-30,32,40,42,45H,9,31,33H2,1-8H3,(H,51,53)(H,52,56)/t40?,42?,45-,49?/m1/s1. The maximum absolute atomic E-state index is 14.5. The van der Waals surface area contributed by atoms with Gasteiger partial charge >= 0.3 is 5.97 Å². The van der Waals surface area contributed by atoms with Gasteiger partial charge in [0.05, 0.1) is 13.7 Å². The van der Waals surface area contributed by atoms with Gasteiger partial charge in [-0.3, -0.25) is 14.4 Å². The second-order valence-electron chi connectivity index (χ2n) is 17.6. The molecule has 0 aliphatic carbocycles. The molecule has 2 aliphatic rings. The number of anilines is 1. The smallest absolute Gasteiger partial charge is 0.324 e. The molecule has 3 unspecified atom stereocenters. The number of fused-ring (bicyclic) bond motifs is 1. The lowest BCUT2D eigenvalue weighted by molar-refractivity contribution is -0.156. The molecule has 65 heavy (non-hydrogen) atoms. The summed E-state index contributed by atoms with van der Waals surface area (Å²) in [5.74, 6) is -0.435. The molecule has 15 heteroatoms. The number of oxime groups is 1. The number of nitrogens with zero attached hydrogens (tertiary/aromatic N) is 3. The third-order valence-corrected chi connectivity index (χ3v) is 19.7. The molecule has 1 aromatic heterocycles. The fourth-order valence-corrected chi connectivity index (χ4v) is 11.4. The zero-order valence-corrected chi connectivity index (χ0v) is 40.7. The van der Waals surface area contributed by atoms with Gasteiger partial charge in [0.1, 0.15) is 46.7 Å². The van der Waals surface area contributed by atoms with Crippen LogP contribution in [0.5, 0.6) is 11.5 Å². The molecule has 0 saturated carbocycles. The summed E-state index contributed by atoms with van der Waals surface area (Å²) in [5.41, 5.74) is 1.12. The van der Waals surface area contributed by atoms with Crippen LogP contribution < -0.4 is 20.1 Å². The van der Waals surface area contributed by atoms with E-state index >= 15 is 0 Å². The number of esters is 1. The molecule has 2 fully saturated rings. The minimum Gasteiger partial charge on any atom is -0.497 e. The van der Waals surface area contributed by atoms with E-state index in [1.807, 2.05) is 73.7 Å². The molecular formula is C50H57N5O7S2Si. The lowest BCUT2D eigenvalue weighted by Crippen LogP contribution is -2.75. The number of hydrogen-bond donors (Lipinski definition) is 2. The van der Waals surface area contributed by atoms with Crippen molar-refractivity contribution in [2.45, 2.75) is 74.5 Å². The molecule has 0 spiro atoms. The third-order valence-electron chi connectivity index (χ3n) is 12.6.